The molecular formula is C30H52O. The van der Waals surface area contributed by atoms with E-state index in [0.717, 1.165) is 24.2 Å². The molecule has 0 unspecified atom stereocenters. The normalized spacial score (nSPS) is 18.9. The van der Waals surface area contributed by atoms with E-state index in [1.807, 2.05) is 0 Å². The largest absolute Gasteiger partial charge is 0.493 e. The van der Waals surface area contributed by atoms with E-state index in [0.29, 0.717) is 0 Å². The van der Waals surface area contributed by atoms with Crippen LogP contribution >= 0.6 is 0 Å². The van der Waals surface area contributed by atoms with E-state index in [1.165, 1.54) is 121 Å². The van der Waals surface area contributed by atoms with Crippen molar-refractivity contribution in [1.82, 2.24) is 0 Å². The maximum absolute atomic E-state index is 6.09. The van der Waals surface area contributed by atoms with Crippen LogP contribution in [-0.4, -0.2) is 6.61 Å². The summed E-state index contributed by atoms with van der Waals surface area (Å²) < 4.78 is 6.09. The molecule has 1 aliphatic rings. The number of unbranched alkanes of at least 4 members (excludes halogenated alkanes) is 11. The van der Waals surface area contributed by atoms with Crippen LogP contribution in [0, 0.1) is 12.8 Å². The molecule has 1 aliphatic carbocycles. The molecule has 1 fully saturated rings. The maximum Gasteiger partial charge on any atom is 0.122 e. The van der Waals surface area contributed by atoms with E-state index in [2.05, 4.69) is 39.0 Å². The molecular weight excluding hydrogens is 376 g/mol. The summed E-state index contributed by atoms with van der Waals surface area (Å²) in [4.78, 5) is 0. The van der Waals surface area contributed by atoms with Crippen molar-refractivity contribution >= 4 is 0 Å². The van der Waals surface area contributed by atoms with Crippen LogP contribution in [0.1, 0.15) is 146 Å². The van der Waals surface area contributed by atoms with Crippen molar-refractivity contribution in [2.24, 2.45) is 5.92 Å². The second kappa shape index (κ2) is 16.6. The molecule has 0 spiro atoms. The minimum atomic E-state index is 0.775. The zero-order valence-corrected chi connectivity index (χ0v) is 21.2. The molecule has 1 heteroatoms. The number of aryl methyl sites for hydroxylation is 1. The summed E-state index contributed by atoms with van der Waals surface area (Å²) in [5, 5.41) is 0. The van der Waals surface area contributed by atoms with Crippen LogP contribution in [-0.2, 0) is 0 Å². The van der Waals surface area contributed by atoms with Crippen LogP contribution in [0.25, 0.3) is 0 Å². The lowest BCUT2D eigenvalue weighted by Crippen LogP contribution is -2.13. The Balaban J connectivity index is 1.60. The van der Waals surface area contributed by atoms with Crippen LogP contribution in [0.5, 0.6) is 5.75 Å². The van der Waals surface area contributed by atoms with Gasteiger partial charge in [-0.2, -0.15) is 0 Å². The first-order valence-electron chi connectivity index (χ1n) is 14.0. The van der Waals surface area contributed by atoms with E-state index in [9.17, 15) is 0 Å². The number of rotatable bonds is 17. The Bertz CT molecular complexity index is 556. The van der Waals surface area contributed by atoms with Crippen LogP contribution in [0.3, 0.4) is 0 Å². The highest BCUT2D eigenvalue weighted by Crippen LogP contribution is 2.38. The third-order valence-electron chi connectivity index (χ3n) is 7.49. The fourth-order valence-corrected chi connectivity index (χ4v) is 5.33. The highest BCUT2D eigenvalue weighted by Gasteiger charge is 2.22. The van der Waals surface area contributed by atoms with Gasteiger partial charge in [0.15, 0.2) is 0 Å². The predicted octanol–water partition coefficient (Wildman–Crippen LogP) is 10.1. The fourth-order valence-electron chi connectivity index (χ4n) is 5.33. The highest BCUT2D eigenvalue weighted by molar-refractivity contribution is 5.37. The molecule has 1 aromatic rings. The summed E-state index contributed by atoms with van der Waals surface area (Å²) >= 11 is 0. The van der Waals surface area contributed by atoms with Crippen molar-refractivity contribution in [2.45, 2.75) is 142 Å². The summed E-state index contributed by atoms with van der Waals surface area (Å²) in [7, 11) is 0. The molecule has 1 aromatic carbocycles. The van der Waals surface area contributed by atoms with Gasteiger partial charge < -0.3 is 4.74 Å². The van der Waals surface area contributed by atoms with Crippen LogP contribution < -0.4 is 4.74 Å². The number of ether oxygens (including phenoxy) is 1. The van der Waals surface area contributed by atoms with Crippen molar-refractivity contribution in [3.05, 3.63) is 29.3 Å². The van der Waals surface area contributed by atoms with E-state index < -0.39 is 0 Å². The van der Waals surface area contributed by atoms with Gasteiger partial charge in [0.05, 0.1) is 6.61 Å². The van der Waals surface area contributed by atoms with Gasteiger partial charge in [-0.05, 0) is 68.1 Å². The Kier molecular flexibility index (Phi) is 14.1. The van der Waals surface area contributed by atoms with Gasteiger partial charge in [-0.3, -0.25) is 0 Å². The average molecular weight is 429 g/mol. The Labute approximate surface area is 194 Å². The third kappa shape index (κ3) is 10.9. The highest BCUT2D eigenvalue weighted by atomic mass is 16.5. The Hall–Kier alpha value is -0.980. The topological polar surface area (TPSA) is 9.23 Å². The van der Waals surface area contributed by atoms with Crippen molar-refractivity contribution in [3.8, 4) is 5.75 Å². The number of benzene rings is 1. The van der Waals surface area contributed by atoms with Gasteiger partial charge in [-0.15, -0.1) is 0 Å². The molecule has 0 atom stereocenters. The number of hydrogen-bond acceptors (Lipinski definition) is 1. The fraction of sp³-hybridized carbons (Fsp3) is 0.800. The second-order valence-electron chi connectivity index (χ2n) is 10.3. The van der Waals surface area contributed by atoms with Crippen molar-refractivity contribution < 1.29 is 4.74 Å². The summed E-state index contributed by atoms with van der Waals surface area (Å²) in [5.41, 5.74) is 2.88. The minimum absolute atomic E-state index is 0.775. The molecule has 31 heavy (non-hydrogen) atoms. The Morgan fingerprint density at radius 1 is 0.710 bits per heavy atom. The summed E-state index contributed by atoms with van der Waals surface area (Å²) in [6.45, 7) is 7.68. The Morgan fingerprint density at radius 2 is 1.29 bits per heavy atom. The molecule has 0 radical (unpaired) electrons. The van der Waals surface area contributed by atoms with Crippen molar-refractivity contribution in [2.75, 3.05) is 6.61 Å². The zero-order valence-electron chi connectivity index (χ0n) is 21.2. The van der Waals surface area contributed by atoms with Gasteiger partial charge in [0.25, 0.3) is 0 Å². The quantitative estimate of drug-likeness (QED) is 0.224. The lowest BCUT2D eigenvalue weighted by Gasteiger charge is -2.29. The summed E-state index contributed by atoms with van der Waals surface area (Å²) in [6, 6.07) is 7.01. The van der Waals surface area contributed by atoms with Crippen LogP contribution in [0.4, 0.5) is 0 Å². The van der Waals surface area contributed by atoms with Crippen LogP contribution in [0.15, 0.2) is 18.2 Å². The molecule has 0 saturated heterocycles. The molecule has 0 heterocycles. The molecule has 0 aliphatic heterocycles. The molecule has 0 N–H and O–H groups in total. The molecule has 0 amide bonds. The summed E-state index contributed by atoms with van der Waals surface area (Å²) in [6.07, 6.45) is 25.1. The first-order valence-corrected chi connectivity index (χ1v) is 14.0. The third-order valence-corrected chi connectivity index (χ3v) is 7.49. The monoisotopic (exact) mass is 428 g/mol. The summed E-state index contributed by atoms with van der Waals surface area (Å²) in [5.74, 6) is 2.87. The van der Waals surface area contributed by atoms with E-state index in [1.54, 1.807) is 5.56 Å². The van der Waals surface area contributed by atoms with E-state index >= 15 is 0 Å². The molecule has 1 nitrogen and oxygen atoms in total. The molecule has 0 aromatic heterocycles. The predicted molar refractivity (Wildman–Crippen MR) is 137 cm³/mol. The minimum Gasteiger partial charge on any atom is -0.493 e. The van der Waals surface area contributed by atoms with Gasteiger partial charge >= 0.3 is 0 Å². The van der Waals surface area contributed by atoms with Crippen molar-refractivity contribution in [1.29, 1.82) is 0 Å². The Morgan fingerprint density at radius 3 is 1.90 bits per heavy atom. The molecule has 0 bridgehead atoms. The standard InChI is InChI=1S/C30H52O/c1-4-6-8-10-12-13-15-17-27-18-20-28(21-19-27)29-22-23-30(26(3)25-29)31-24-16-14-11-9-7-5-2/h22-23,25,27-28H,4-21,24H2,1-3H3/t27-,28-. The van der Waals surface area contributed by atoms with E-state index in [-0.39, 0.29) is 0 Å². The molecule has 2 rings (SSSR count). The van der Waals surface area contributed by atoms with Crippen LogP contribution in [0.2, 0.25) is 0 Å². The first-order chi connectivity index (χ1) is 15.2. The van der Waals surface area contributed by atoms with Crippen molar-refractivity contribution in [3.63, 3.8) is 0 Å². The van der Waals surface area contributed by atoms with Gasteiger partial charge in [-0.1, -0.05) is 109 Å². The van der Waals surface area contributed by atoms with Gasteiger partial charge in [0.1, 0.15) is 5.75 Å². The number of hydrogen-bond donors (Lipinski definition) is 0. The zero-order chi connectivity index (χ0) is 22.2. The second-order valence-corrected chi connectivity index (χ2v) is 10.3. The van der Waals surface area contributed by atoms with Gasteiger partial charge in [0.2, 0.25) is 0 Å². The average Bonchev–Trinajstić information content (AvgIpc) is 2.79. The molecule has 1 saturated carbocycles. The van der Waals surface area contributed by atoms with Gasteiger partial charge in [0, 0.05) is 0 Å². The van der Waals surface area contributed by atoms with E-state index in [4.69, 9.17) is 4.74 Å². The lowest BCUT2D eigenvalue weighted by molar-refractivity contribution is 0.298. The molecule has 178 valence electrons. The first kappa shape index (κ1) is 26.3. The maximum atomic E-state index is 6.09. The van der Waals surface area contributed by atoms with Gasteiger partial charge in [-0.25, -0.2) is 0 Å². The smallest absolute Gasteiger partial charge is 0.122 e. The lowest BCUT2D eigenvalue weighted by atomic mass is 9.77. The SMILES string of the molecule is CCCCCCCCC[C@H]1CC[C@H](c2ccc(OCCCCCCCC)c(C)c2)CC1.